The lowest BCUT2D eigenvalue weighted by Crippen LogP contribution is -2.11. The summed E-state index contributed by atoms with van der Waals surface area (Å²) in [6.07, 6.45) is 0. The van der Waals surface area contributed by atoms with E-state index in [9.17, 15) is 0 Å². The summed E-state index contributed by atoms with van der Waals surface area (Å²) >= 11 is 0. The summed E-state index contributed by atoms with van der Waals surface area (Å²) in [5.74, 6) is 1.45. The van der Waals surface area contributed by atoms with E-state index in [-0.39, 0.29) is 36.5 Å². The van der Waals surface area contributed by atoms with Crippen LogP contribution in [0.2, 0.25) is 0 Å². The van der Waals surface area contributed by atoms with Gasteiger partial charge in [0.1, 0.15) is 28.9 Å². The molecule has 3 rings (SSSR count). The van der Waals surface area contributed by atoms with Crippen LogP contribution in [0.15, 0.2) is 47.0 Å². The number of hydrogen-bond donors (Lipinski definition) is 4. The molecule has 0 spiro atoms. The van der Waals surface area contributed by atoms with E-state index >= 15 is 0 Å². The van der Waals surface area contributed by atoms with Gasteiger partial charge in [-0.25, -0.2) is 0 Å². The van der Waals surface area contributed by atoms with Gasteiger partial charge in [-0.1, -0.05) is 11.2 Å². The van der Waals surface area contributed by atoms with Crippen LogP contribution in [0.3, 0.4) is 0 Å². The van der Waals surface area contributed by atoms with E-state index in [1.165, 1.54) is 7.11 Å². The average Bonchev–Trinajstić information content (AvgIpc) is 3.16. The van der Waals surface area contributed by atoms with Gasteiger partial charge >= 0.3 is 0 Å². The van der Waals surface area contributed by atoms with Crippen molar-refractivity contribution in [1.29, 1.82) is 10.8 Å². The van der Waals surface area contributed by atoms with Gasteiger partial charge in [-0.05, 0) is 30.3 Å². The SMILES string of the molecule is COc1cc(C(=N)N)ccc1-c1cc(-c2cc(C(=N)N)ccc2OC)on1.Cl.Cl. The molecule has 1 heterocycles. The molecule has 8 nitrogen and oxygen atoms in total. The maximum atomic E-state index is 7.62. The Morgan fingerprint density at radius 1 is 0.828 bits per heavy atom. The van der Waals surface area contributed by atoms with Crippen molar-refractivity contribution in [2.45, 2.75) is 0 Å². The number of aromatic nitrogens is 1. The fourth-order valence-corrected chi connectivity index (χ4v) is 2.67. The van der Waals surface area contributed by atoms with Crippen LogP contribution in [0.4, 0.5) is 0 Å². The van der Waals surface area contributed by atoms with Crippen LogP contribution in [0.5, 0.6) is 11.5 Å². The topological polar surface area (TPSA) is 144 Å². The molecule has 0 aliphatic heterocycles. The minimum Gasteiger partial charge on any atom is -0.496 e. The second-order valence-electron chi connectivity index (χ2n) is 5.73. The third kappa shape index (κ3) is 4.79. The number of nitrogens with two attached hydrogens (primary N) is 2. The quantitative estimate of drug-likeness (QED) is 0.343. The molecule has 0 aliphatic carbocycles. The zero-order valence-corrected chi connectivity index (χ0v) is 17.3. The van der Waals surface area contributed by atoms with Crippen LogP contribution in [0, 0.1) is 10.8 Å². The first-order valence-corrected chi connectivity index (χ1v) is 7.97. The summed E-state index contributed by atoms with van der Waals surface area (Å²) in [5, 5.41) is 19.3. The van der Waals surface area contributed by atoms with Crippen molar-refractivity contribution in [3.05, 3.63) is 53.6 Å². The number of halogens is 2. The van der Waals surface area contributed by atoms with Crippen molar-refractivity contribution in [3.63, 3.8) is 0 Å². The first-order valence-electron chi connectivity index (χ1n) is 7.97. The number of nitrogen functional groups attached to an aromatic ring is 2. The summed E-state index contributed by atoms with van der Waals surface area (Å²) in [5.41, 5.74) is 14.1. The maximum Gasteiger partial charge on any atom is 0.171 e. The minimum atomic E-state index is -0.0554. The lowest BCUT2D eigenvalue weighted by Gasteiger charge is -2.08. The van der Waals surface area contributed by atoms with E-state index < -0.39 is 0 Å². The summed E-state index contributed by atoms with van der Waals surface area (Å²) in [6, 6.07) is 12.0. The maximum absolute atomic E-state index is 7.62. The molecule has 0 atom stereocenters. The van der Waals surface area contributed by atoms with Crippen LogP contribution in [0.1, 0.15) is 11.1 Å². The Morgan fingerprint density at radius 2 is 1.41 bits per heavy atom. The van der Waals surface area contributed by atoms with E-state index in [0.29, 0.717) is 45.2 Å². The van der Waals surface area contributed by atoms with Gasteiger partial charge in [0.15, 0.2) is 5.76 Å². The van der Waals surface area contributed by atoms with Gasteiger partial charge < -0.3 is 25.5 Å². The zero-order chi connectivity index (χ0) is 19.6. The molecule has 154 valence electrons. The zero-order valence-electron chi connectivity index (χ0n) is 15.7. The number of amidine groups is 2. The first kappa shape index (κ1) is 23.8. The molecule has 3 aromatic rings. The summed E-state index contributed by atoms with van der Waals surface area (Å²) in [6.45, 7) is 0. The minimum absolute atomic E-state index is 0. The highest BCUT2D eigenvalue weighted by Crippen LogP contribution is 2.36. The fourth-order valence-electron chi connectivity index (χ4n) is 2.67. The highest BCUT2D eigenvalue weighted by Gasteiger charge is 2.17. The Bertz CT molecular complexity index is 1040. The predicted molar refractivity (Wildman–Crippen MR) is 117 cm³/mol. The molecule has 0 unspecified atom stereocenters. The Balaban J connectivity index is 0.00000210. The Kier molecular flexibility index (Phi) is 8.05. The highest BCUT2D eigenvalue weighted by molar-refractivity contribution is 5.97. The van der Waals surface area contributed by atoms with Crippen LogP contribution >= 0.6 is 24.8 Å². The standard InChI is InChI=1S/C19H19N5O3.2ClH/c1-25-15-6-4-10(18(20)21)7-13(15)17-9-14(24-27-17)12-5-3-11(19(22)23)8-16(12)26-2;;/h3-9H,1-2H3,(H3,20,21)(H3,22,23);2*1H. The molecule has 29 heavy (non-hydrogen) atoms. The molecule has 6 N–H and O–H groups in total. The lowest BCUT2D eigenvalue weighted by molar-refractivity contribution is 0.405. The molecular formula is C19H21Cl2N5O3. The van der Waals surface area contributed by atoms with Crippen molar-refractivity contribution in [1.82, 2.24) is 5.16 Å². The van der Waals surface area contributed by atoms with Crippen LogP contribution in [-0.2, 0) is 0 Å². The van der Waals surface area contributed by atoms with Crippen LogP contribution in [0.25, 0.3) is 22.6 Å². The van der Waals surface area contributed by atoms with E-state index in [1.54, 1.807) is 49.6 Å². The molecule has 0 aliphatic rings. The van der Waals surface area contributed by atoms with E-state index in [0.717, 1.165) is 0 Å². The number of nitrogens with one attached hydrogen (secondary N) is 2. The molecular weight excluding hydrogens is 417 g/mol. The number of benzene rings is 2. The molecule has 0 radical (unpaired) electrons. The summed E-state index contributed by atoms with van der Waals surface area (Å²) < 4.78 is 16.3. The molecule has 10 heteroatoms. The van der Waals surface area contributed by atoms with Crippen molar-refractivity contribution < 1.29 is 14.0 Å². The largest absolute Gasteiger partial charge is 0.496 e. The molecule has 0 fully saturated rings. The number of nitrogens with zero attached hydrogens (tertiary/aromatic N) is 1. The Labute approximate surface area is 180 Å². The van der Waals surface area contributed by atoms with Crippen LogP contribution < -0.4 is 20.9 Å². The van der Waals surface area contributed by atoms with Crippen molar-refractivity contribution >= 4 is 36.5 Å². The lowest BCUT2D eigenvalue weighted by atomic mass is 10.0. The fraction of sp³-hybridized carbons (Fsp3) is 0.105. The van der Waals surface area contributed by atoms with Gasteiger partial charge in [-0.3, -0.25) is 10.8 Å². The summed E-state index contributed by atoms with van der Waals surface area (Å²) in [7, 11) is 3.08. The average molecular weight is 438 g/mol. The van der Waals surface area contributed by atoms with Crippen molar-refractivity contribution in [2.75, 3.05) is 14.2 Å². The number of rotatable bonds is 6. The second-order valence-corrected chi connectivity index (χ2v) is 5.73. The van der Waals surface area contributed by atoms with Crippen molar-refractivity contribution in [3.8, 4) is 34.1 Å². The van der Waals surface area contributed by atoms with Gasteiger partial charge in [0.2, 0.25) is 0 Å². The molecule has 0 saturated heterocycles. The number of hydrogen-bond acceptors (Lipinski definition) is 6. The monoisotopic (exact) mass is 437 g/mol. The van der Waals surface area contributed by atoms with Gasteiger partial charge in [-0.2, -0.15) is 0 Å². The van der Waals surface area contributed by atoms with Crippen molar-refractivity contribution in [2.24, 2.45) is 11.5 Å². The van der Waals surface area contributed by atoms with E-state index in [1.807, 2.05) is 0 Å². The van der Waals surface area contributed by atoms with Gasteiger partial charge in [0.05, 0.1) is 19.8 Å². The van der Waals surface area contributed by atoms with E-state index in [4.69, 9.17) is 36.3 Å². The third-order valence-corrected chi connectivity index (χ3v) is 4.07. The number of ether oxygens (including phenoxy) is 2. The number of methoxy groups -OCH3 is 2. The Hall–Kier alpha value is -3.23. The van der Waals surface area contributed by atoms with Gasteiger partial charge in [0, 0.05) is 22.8 Å². The van der Waals surface area contributed by atoms with E-state index in [2.05, 4.69) is 5.16 Å². The molecule has 1 aromatic heterocycles. The molecule has 0 saturated carbocycles. The normalized spacial score (nSPS) is 9.72. The Morgan fingerprint density at radius 3 is 2.00 bits per heavy atom. The smallest absolute Gasteiger partial charge is 0.171 e. The second kappa shape index (κ2) is 9.81. The molecule has 0 amide bonds. The molecule has 0 bridgehead atoms. The third-order valence-electron chi connectivity index (χ3n) is 4.07. The predicted octanol–water partition coefficient (Wildman–Crippen LogP) is 3.44. The summed E-state index contributed by atoms with van der Waals surface area (Å²) in [4.78, 5) is 0. The molecule has 2 aromatic carbocycles. The van der Waals surface area contributed by atoms with Gasteiger partial charge in [-0.15, -0.1) is 24.8 Å². The highest BCUT2D eigenvalue weighted by atomic mass is 35.5. The van der Waals surface area contributed by atoms with Gasteiger partial charge in [0.25, 0.3) is 0 Å². The van der Waals surface area contributed by atoms with Crippen LogP contribution in [-0.4, -0.2) is 31.0 Å². The first-order chi connectivity index (χ1) is 12.9.